The Hall–Kier alpha value is -1.91. The van der Waals surface area contributed by atoms with E-state index in [4.69, 9.17) is 4.42 Å². The molecule has 1 aromatic carbocycles. The Kier molecular flexibility index (Phi) is 2.84. The fourth-order valence-corrected chi connectivity index (χ4v) is 6.90. The van der Waals surface area contributed by atoms with Gasteiger partial charge in [-0.25, -0.2) is 4.39 Å². The van der Waals surface area contributed by atoms with Crippen LogP contribution in [-0.4, -0.2) is 10.9 Å². The van der Waals surface area contributed by atoms with E-state index in [-0.39, 0.29) is 33.7 Å². The largest absolute Gasteiger partial charge is 0.423 e. The first kappa shape index (κ1) is 15.4. The number of benzene rings is 1. The lowest BCUT2D eigenvalue weighted by Gasteiger charge is -2.64. The van der Waals surface area contributed by atoms with Crippen LogP contribution in [0.15, 0.2) is 22.6 Å². The summed E-state index contributed by atoms with van der Waals surface area (Å²) in [6.07, 6.45) is 6.54. The van der Waals surface area contributed by atoms with Crippen LogP contribution in [0.25, 0.3) is 11.1 Å². The Morgan fingerprint density at radius 3 is 2.56 bits per heavy atom. The van der Waals surface area contributed by atoms with Gasteiger partial charge >= 0.3 is 6.01 Å². The average Bonchev–Trinajstić information content (AvgIpc) is 2.87. The first-order valence-electron chi connectivity index (χ1n) is 9.15. The number of anilines is 1. The van der Waals surface area contributed by atoms with Crippen molar-refractivity contribution in [1.82, 2.24) is 4.98 Å². The summed E-state index contributed by atoms with van der Waals surface area (Å²) in [5.74, 6) is 0.204. The smallest absolute Gasteiger partial charge is 0.302 e. The predicted octanol–water partition coefficient (Wildman–Crippen LogP) is 4.90. The van der Waals surface area contributed by atoms with Crippen molar-refractivity contribution in [3.63, 3.8) is 0 Å². The summed E-state index contributed by atoms with van der Waals surface area (Å²) in [6.45, 7) is 4.68. The maximum atomic E-state index is 13.8. The number of nitrogens with zero attached hydrogens (tertiary/aromatic N) is 1. The molecule has 4 aliphatic rings. The van der Waals surface area contributed by atoms with Crippen LogP contribution in [0.5, 0.6) is 0 Å². The Bertz CT molecular complexity index is 871. The van der Waals surface area contributed by atoms with Gasteiger partial charge in [0.15, 0.2) is 11.4 Å². The number of amides is 1. The van der Waals surface area contributed by atoms with Gasteiger partial charge in [-0.05, 0) is 67.4 Å². The molecule has 5 heteroatoms. The highest BCUT2D eigenvalue weighted by molar-refractivity contribution is 5.95. The van der Waals surface area contributed by atoms with Crippen molar-refractivity contribution in [2.75, 3.05) is 5.32 Å². The number of rotatable bonds is 2. The summed E-state index contributed by atoms with van der Waals surface area (Å²) < 4.78 is 19.4. The number of para-hydroxylation sites is 1. The predicted molar refractivity (Wildman–Crippen MR) is 92.4 cm³/mol. The molecule has 6 rings (SSSR count). The van der Waals surface area contributed by atoms with Crippen molar-refractivity contribution < 1.29 is 13.6 Å². The van der Waals surface area contributed by atoms with E-state index in [1.807, 2.05) is 0 Å². The fraction of sp³-hybridized carbons (Fsp3) is 0.600. The standard InChI is InChI=1S/C20H23FN2O2/c1-18-6-12-7-19(2,9-18)11-20(8-12,10-18)16(24)23-17-22-15-13(21)4-3-5-14(15)25-17/h3-5,12H,6-11H2,1-2H3,(H,22,23,24). The molecule has 2 aromatic rings. The molecular weight excluding hydrogens is 319 g/mol. The van der Waals surface area contributed by atoms with Gasteiger partial charge in [-0.1, -0.05) is 19.9 Å². The van der Waals surface area contributed by atoms with E-state index < -0.39 is 5.82 Å². The molecule has 1 N–H and O–H groups in total. The molecular formula is C20H23FN2O2. The molecule has 0 spiro atoms. The molecule has 25 heavy (non-hydrogen) atoms. The lowest BCUT2D eigenvalue weighted by atomic mass is 9.40. The number of hydrogen-bond donors (Lipinski definition) is 1. The minimum atomic E-state index is -0.434. The number of oxazole rings is 1. The maximum absolute atomic E-state index is 13.8. The monoisotopic (exact) mass is 342 g/mol. The molecule has 1 heterocycles. The van der Waals surface area contributed by atoms with Gasteiger partial charge in [-0.3, -0.25) is 10.1 Å². The van der Waals surface area contributed by atoms with Crippen LogP contribution in [-0.2, 0) is 4.79 Å². The highest BCUT2D eigenvalue weighted by Crippen LogP contribution is 2.69. The number of nitrogens with one attached hydrogen (secondary N) is 1. The SMILES string of the molecule is CC12CC3CC(C)(C1)CC(C(=O)Nc1nc4c(F)cccc4o1)(C3)C2. The van der Waals surface area contributed by atoms with E-state index in [2.05, 4.69) is 24.1 Å². The molecule has 0 saturated heterocycles. The molecule has 4 saturated carbocycles. The van der Waals surface area contributed by atoms with Crippen LogP contribution in [0.3, 0.4) is 0 Å². The van der Waals surface area contributed by atoms with Crippen LogP contribution in [0, 0.1) is 28.0 Å². The van der Waals surface area contributed by atoms with Crippen LogP contribution < -0.4 is 5.32 Å². The van der Waals surface area contributed by atoms with Crippen molar-refractivity contribution in [3.8, 4) is 0 Å². The minimum absolute atomic E-state index is 0.000939. The summed E-state index contributed by atoms with van der Waals surface area (Å²) in [6, 6.07) is 4.69. The summed E-state index contributed by atoms with van der Waals surface area (Å²) >= 11 is 0. The third-order valence-electron chi connectivity index (χ3n) is 6.70. The van der Waals surface area contributed by atoms with E-state index in [0.29, 0.717) is 11.5 Å². The second kappa shape index (κ2) is 4.63. The van der Waals surface area contributed by atoms with E-state index in [9.17, 15) is 9.18 Å². The zero-order valence-corrected chi connectivity index (χ0v) is 14.7. The summed E-state index contributed by atoms with van der Waals surface area (Å²) in [4.78, 5) is 17.3. The molecule has 2 atom stereocenters. The van der Waals surface area contributed by atoms with Gasteiger partial charge in [0.1, 0.15) is 5.52 Å². The quantitative estimate of drug-likeness (QED) is 0.844. The normalized spacial score (nSPS) is 39.1. The van der Waals surface area contributed by atoms with Gasteiger partial charge in [0.2, 0.25) is 5.91 Å². The first-order valence-corrected chi connectivity index (χ1v) is 9.15. The van der Waals surface area contributed by atoms with Crippen LogP contribution in [0.2, 0.25) is 0 Å². The Morgan fingerprint density at radius 2 is 1.92 bits per heavy atom. The number of hydrogen-bond acceptors (Lipinski definition) is 3. The first-order chi connectivity index (χ1) is 11.8. The van der Waals surface area contributed by atoms with Gasteiger partial charge in [0.25, 0.3) is 0 Å². The van der Waals surface area contributed by atoms with E-state index in [1.165, 1.54) is 25.3 Å². The molecule has 4 fully saturated rings. The number of carbonyl (C=O) groups is 1. The van der Waals surface area contributed by atoms with Gasteiger partial charge in [0, 0.05) is 0 Å². The molecule has 0 radical (unpaired) electrons. The summed E-state index contributed by atoms with van der Waals surface area (Å²) in [7, 11) is 0. The topological polar surface area (TPSA) is 55.1 Å². The van der Waals surface area contributed by atoms with Gasteiger partial charge in [-0.2, -0.15) is 4.98 Å². The Morgan fingerprint density at radius 1 is 1.20 bits per heavy atom. The molecule has 2 unspecified atom stereocenters. The zero-order chi connectivity index (χ0) is 17.4. The Labute approximate surface area is 146 Å². The van der Waals surface area contributed by atoms with E-state index in [0.717, 1.165) is 19.3 Å². The molecule has 132 valence electrons. The molecule has 0 aliphatic heterocycles. The van der Waals surface area contributed by atoms with Crippen LogP contribution in [0.4, 0.5) is 10.4 Å². The van der Waals surface area contributed by atoms with E-state index >= 15 is 0 Å². The summed E-state index contributed by atoms with van der Waals surface area (Å²) in [5, 5.41) is 2.87. The van der Waals surface area contributed by atoms with Crippen molar-refractivity contribution >= 4 is 23.0 Å². The van der Waals surface area contributed by atoms with Gasteiger partial charge < -0.3 is 4.42 Å². The van der Waals surface area contributed by atoms with Gasteiger partial charge in [-0.15, -0.1) is 0 Å². The van der Waals surface area contributed by atoms with Crippen molar-refractivity contribution in [2.24, 2.45) is 22.2 Å². The van der Waals surface area contributed by atoms with Crippen LogP contribution >= 0.6 is 0 Å². The second-order valence-corrected chi connectivity index (χ2v) is 9.47. The second-order valence-electron chi connectivity index (χ2n) is 9.47. The number of fused-ring (bicyclic) bond motifs is 1. The van der Waals surface area contributed by atoms with Crippen molar-refractivity contribution in [1.29, 1.82) is 0 Å². The molecule has 4 nitrogen and oxygen atoms in total. The minimum Gasteiger partial charge on any atom is -0.423 e. The maximum Gasteiger partial charge on any atom is 0.302 e. The number of aromatic nitrogens is 1. The molecule has 1 amide bonds. The molecule has 4 bridgehead atoms. The third-order valence-corrected chi connectivity index (χ3v) is 6.70. The fourth-order valence-electron chi connectivity index (χ4n) is 6.90. The van der Waals surface area contributed by atoms with Crippen molar-refractivity contribution in [3.05, 3.63) is 24.0 Å². The number of halogens is 1. The third kappa shape index (κ3) is 2.24. The molecule has 4 aliphatic carbocycles. The number of carbonyl (C=O) groups excluding carboxylic acids is 1. The zero-order valence-electron chi connectivity index (χ0n) is 14.7. The highest BCUT2D eigenvalue weighted by atomic mass is 19.1. The van der Waals surface area contributed by atoms with E-state index in [1.54, 1.807) is 12.1 Å². The summed E-state index contributed by atoms with van der Waals surface area (Å²) in [5.41, 5.74) is 0.724. The highest BCUT2D eigenvalue weighted by Gasteiger charge is 2.62. The lowest BCUT2D eigenvalue weighted by Crippen LogP contribution is -2.58. The average molecular weight is 342 g/mol. The Balaban J connectivity index is 1.46. The molecule has 1 aromatic heterocycles. The van der Waals surface area contributed by atoms with Crippen LogP contribution in [0.1, 0.15) is 52.4 Å². The van der Waals surface area contributed by atoms with Crippen molar-refractivity contribution in [2.45, 2.75) is 52.4 Å². The van der Waals surface area contributed by atoms with Gasteiger partial charge in [0.05, 0.1) is 5.41 Å². The lowest BCUT2D eigenvalue weighted by molar-refractivity contribution is -0.165.